The Morgan fingerprint density at radius 1 is 1.31 bits per heavy atom. The highest BCUT2D eigenvalue weighted by Crippen LogP contribution is 2.32. The third-order valence-electron chi connectivity index (χ3n) is 4.35. The molecule has 3 aromatic rings. The zero-order valence-electron chi connectivity index (χ0n) is 14.0. The minimum atomic E-state index is -0.438. The molecule has 4 rings (SSSR count). The number of methoxy groups -OCH3 is 1. The van der Waals surface area contributed by atoms with Gasteiger partial charge in [0.15, 0.2) is 0 Å². The molecule has 8 heteroatoms. The fourth-order valence-electron chi connectivity index (χ4n) is 3.08. The van der Waals surface area contributed by atoms with Gasteiger partial charge in [0.2, 0.25) is 5.91 Å². The standard InChI is InChI=1S/C18H16N4O3S/c1-25-18(24)12-7-9-26-17(12)22-8-6-14(16(22)23)21-15-11-4-2-3-5-13(11)19-10-20-15/h2-5,7,9-10,14H,6,8H2,1H3,(H,19,20,21). The van der Waals surface area contributed by atoms with Crippen molar-refractivity contribution in [2.24, 2.45) is 0 Å². The summed E-state index contributed by atoms with van der Waals surface area (Å²) in [5.74, 6) is 0.114. The van der Waals surface area contributed by atoms with Crippen molar-refractivity contribution in [3.8, 4) is 0 Å². The molecule has 1 unspecified atom stereocenters. The van der Waals surface area contributed by atoms with Crippen LogP contribution in [0.3, 0.4) is 0 Å². The average molecular weight is 368 g/mol. The number of amides is 1. The molecule has 0 spiro atoms. The summed E-state index contributed by atoms with van der Waals surface area (Å²) in [5, 5.41) is 6.51. The average Bonchev–Trinajstić information content (AvgIpc) is 3.28. The Labute approximate surface area is 153 Å². The fraction of sp³-hybridized carbons (Fsp3) is 0.222. The van der Waals surface area contributed by atoms with E-state index in [1.807, 2.05) is 24.3 Å². The molecule has 132 valence electrons. The van der Waals surface area contributed by atoms with E-state index in [9.17, 15) is 9.59 Å². The van der Waals surface area contributed by atoms with Crippen LogP contribution in [-0.4, -0.2) is 41.5 Å². The van der Waals surface area contributed by atoms with E-state index >= 15 is 0 Å². The molecule has 1 N–H and O–H groups in total. The van der Waals surface area contributed by atoms with Gasteiger partial charge < -0.3 is 15.0 Å². The summed E-state index contributed by atoms with van der Waals surface area (Å²) in [6, 6.07) is 8.92. The summed E-state index contributed by atoms with van der Waals surface area (Å²) >= 11 is 1.36. The Balaban J connectivity index is 1.58. The number of rotatable bonds is 4. The molecular weight excluding hydrogens is 352 g/mol. The van der Waals surface area contributed by atoms with Gasteiger partial charge in [-0.05, 0) is 30.0 Å². The highest BCUT2D eigenvalue weighted by molar-refractivity contribution is 7.14. The van der Waals surface area contributed by atoms with E-state index in [4.69, 9.17) is 4.74 Å². The van der Waals surface area contributed by atoms with E-state index in [0.29, 0.717) is 29.3 Å². The third kappa shape index (κ3) is 2.78. The SMILES string of the molecule is COC(=O)c1ccsc1N1CCC(Nc2ncnc3ccccc23)C1=O. The highest BCUT2D eigenvalue weighted by atomic mass is 32.1. The van der Waals surface area contributed by atoms with Crippen molar-refractivity contribution < 1.29 is 14.3 Å². The van der Waals surface area contributed by atoms with Crippen molar-refractivity contribution in [2.75, 3.05) is 23.9 Å². The second kappa shape index (κ2) is 6.72. The molecule has 1 aliphatic rings. The number of nitrogens with zero attached hydrogens (tertiary/aromatic N) is 3. The maximum atomic E-state index is 12.9. The lowest BCUT2D eigenvalue weighted by atomic mass is 10.2. The van der Waals surface area contributed by atoms with Gasteiger partial charge in [0, 0.05) is 11.9 Å². The van der Waals surface area contributed by atoms with E-state index in [0.717, 1.165) is 10.9 Å². The molecule has 1 amide bonds. The monoisotopic (exact) mass is 368 g/mol. The largest absolute Gasteiger partial charge is 0.465 e. The van der Waals surface area contributed by atoms with Crippen LogP contribution in [0, 0.1) is 0 Å². The second-order valence-corrected chi connectivity index (χ2v) is 6.74. The number of carbonyl (C=O) groups is 2. The van der Waals surface area contributed by atoms with Crippen LogP contribution >= 0.6 is 11.3 Å². The van der Waals surface area contributed by atoms with Crippen LogP contribution in [0.1, 0.15) is 16.8 Å². The minimum Gasteiger partial charge on any atom is -0.465 e. The van der Waals surface area contributed by atoms with Crippen molar-refractivity contribution in [3.63, 3.8) is 0 Å². The van der Waals surface area contributed by atoms with Gasteiger partial charge in [0.05, 0.1) is 18.2 Å². The number of thiophene rings is 1. The summed E-state index contributed by atoms with van der Waals surface area (Å²) in [6.45, 7) is 0.532. The van der Waals surface area contributed by atoms with E-state index in [2.05, 4.69) is 15.3 Å². The molecule has 26 heavy (non-hydrogen) atoms. The van der Waals surface area contributed by atoms with E-state index in [1.54, 1.807) is 16.3 Å². The number of carbonyl (C=O) groups excluding carboxylic acids is 2. The molecule has 0 saturated carbocycles. The first kappa shape index (κ1) is 16.5. The quantitative estimate of drug-likeness (QED) is 0.713. The number of hydrogen-bond donors (Lipinski definition) is 1. The Kier molecular flexibility index (Phi) is 4.26. The van der Waals surface area contributed by atoms with Gasteiger partial charge in [-0.15, -0.1) is 11.3 Å². The number of anilines is 2. The minimum absolute atomic E-state index is 0.0831. The van der Waals surface area contributed by atoms with Crippen molar-refractivity contribution in [1.29, 1.82) is 0 Å². The Morgan fingerprint density at radius 2 is 2.15 bits per heavy atom. The van der Waals surface area contributed by atoms with Crippen LogP contribution in [-0.2, 0) is 9.53 Å². The van der Waals surface area contributed by atoms with Crippen molar-refractivity contribution in [1.82, 2.24) is 9.97 Å². The zero-order chi connectivity index (χ0) is 18.1. The zero-order valence-corrected chi connectivity index (χ0v) is 14.8. The Morgan fingerprint density at radius 3 is 3.00 bits per heavy atom. The number of hydrogen-bond acceptors (Lipinski definition) is 7. The van der Waals surface area contributed by atoms with Gasteiger partial charge in [0.1, 0.15) is 23.2 Å². The Bertz CT molecular complexity index is 982. The predicted molar refractivity (Wildman–Crippen MR) is 99.6 cm³/mol. The highest BCUT2D eigenvalue weighted by Gasteiger charge is 2.35. The fourth-order valence-corrected chi connectivity index (χ4v) is 4.00. The lowest BCUT2D eigenvalue weighted by Gasteiger charge is -2.17. The smallest absolute Gasteiger partial charge is 0.340 e. The number of fused-ring (bicyclic) bond motifs is 1. The summed E-state index contributed by atoms with van der Waals surface area (Å²) in [7, 11) is 1.33. The van der Waals surface area contributed by atoms with E-state index in [-0.39, 0.29) is 5.91 Å². The summed E-state index contributed by atoms with van der Waals surface area (Å²) < 4.78 is 4.80. The Hall–Kier alpha value is -3.00. The van der Waals surface area contributed by atoms with Gasteiger partial charge in [-0.1, -0.05) is 12.1 Å². The molecule has 1 aromatic carbocycles. The van der Waals surface area contributed by atoms with Crippen LogP contribution in [0.5, 0.6) is 0 Å². The first-order valence-electron chi connectivity index (χ1n) is 8.12. The molecule has 1 fully saturated rings. The summed E-state index contributed by atoms with van der Waals surface area (Å²) in [5.41, 5.74) is 1.23. The number of benzene rings is 1. The van der Waals surface area contributed by atoms with Crippen molar-refractivity contribution >= 4 is 44.9 Å². The van der Waals surface area contributed by atoms with Crippen LogP contribution < -0.4 is 10.2 Å². The second-order valence-electron chi connectivity index (χ2n) is 5.85. The molecule has 2 aromatic heterocycles. The van der Waals surface area contributed by atoms with E-state index in [1.165, 1.54) is 24.8 Å². The van der Waals surface area contributed by atoms with Gasteiger partial charge in [-0.25, -0.2) is 14.8 Å². The predicted octanol–water partition coefficient (Wildman–Crippen LogP) is 2.70. The first-order chi connectivity index (χ1) is 12.7. The van der Waals surface area contributed by atoms with Crippen LogP contribution in [0.4, 0.5) is 10.8 Å². The van der Waals surface area contributed by atoms with Gasteiger partial charge in [-0.2, -0.15) is 0 Å². The van der Waals surface area contributed by atoms with Crippen molar-refractivity contribution in [3.05, 3.63) is 47.6 Å². The summed E-state index contributed by atoms with van der Waals surface area (Å²) in [6.07, 6.45) is 2.10. The molecule has 0 bridgehead atoms. The maximum Gasteiger partial charge on any atom is 0.340 e. The van der Waals surface area contributed by atoms with Crippen LogP contribution in [0.2, 0.25) is 0 Å². The molecule has 1 aliphatic heterocycles. The van der Waals surface area contributed by atoms with Gasteiger partial charge in [0.25, 0.3) is 0 Å². The molecule has 7 nitrogen and oxygen atoms in total. The number of aromatic nitrogens is 2. The van der Waals surface area contributed by atoms with Crippen LogP contribution in [0.25, 0.3) is 10.9 Å². The van der Waals surface area contributed by atoms with E-state index < -0.39 is 12.0 Å². The van der Waals surface area contributed by atoms with Gasteiger partial charge >= 0.3 is 5.97 Å². The number of para-hydroxylation sites is 1. The van der Waals surface area contributed by atoms with Crippen LogP contribution in [0.15, 0.2) is 42.0 Å². The first-order valence-corrected chi connectivity index (χ1v) is 9.00. The third-order valence-corrected chi connectivity index (χ3v) is 5.29. The topological polar surface area (TPSA) is 84.4 Å². The molecule has 1 atom stereocenters. The van der Waals surface area contributed by atoms with Gasteiger partial charge in [-0.3, -0.25) is 4.79 Å². The molecule has 1 saturated heterocycles. The number of ether oxygens (including phenoxy) is 1. The van der Waals surface area contributed by atoms with Crippen molar-refractivity contribution in [2.45, 2.75) is 12.5 Å². The number of nitrogens with one attached hydrogen (secondary N) is 1. The summed E-state index contributed by atoms with van der Waals surface area (Å²) in [4.78, 5) is 34.9. The normalized spacial score (nSPS) is 16.9. The molecule has 3 heterocycles. The number of esters is 1. The molecule has 0 aliphatic carbocycles. The molecule has 0 radical (unpaired) electrons. The maximum absolute atomic E-state index is 12.9. The lowest BCUT2D eigenvalue weighted by molar-refractivity contribution is -0.117. The molecular formula is C18H16N4O3S. The lowest BCUT2D eigenvalue weighted by Crippen LogP contribution is -2.34.